The van der Waals surface area contributed by atoms with Crippen molar-refractivity contribution in [1.82, 2.24) is 9.55 Å². The summed E-state index contributed by atoms with van der Waals surface area (Å²) in [5, 5.41) is 0.562. The number of nitrogens with one attached hydrogen (secondary N) is 1. The zero-order valence-corrected chi connectivity index (χ0v) is 18.4. The number of halogens is 1. The van der Waals surface area contributed by atoms with Crippen LogP contribution in [0.1, 0.15) is 12.8 Å². The average Bonchev–Trinajstić information content (AvgIpc) is 3.44. The van der Waals surface area contributed by atoms with Crippen LogP contribution in [0.2, 0.25) is 0 Å². The lowest BCUT2D eigenvalue weighted by Crippen LogP contribution is -2.17. The number of aryl methyl sites for hydroxylation is 1. The fraction of sp³-hybridized carbons (Fsp3) is 0.208. The number of nitrogens with zero attached hydrogens (tertiary/aromatic N) is 3. The van der Waals surface area contributed by atoms with Crippen molar-refractivity contribution in [1.29, 1.82) is 0 Å². The molecule has 0 bridgehead atoms. The average molecular weight is 451 g/mol. The quantitative estimate of drug-likeness (QED) is 0.475. The smallest absolute Gasteiger partial charge is 0.261 e. The highest BCUT2D eigenvalue weighted by molar-refractivity contribution is 7.92. The first-order valence-corrected chi connectivity index (χ1v) is 12.0. The van der Waals surface area contributed by atoms with Gasteiger partial charge in [-0.15, -0.1) is 0 Å². The van der Waals surface area contributed by atoms with E-state index in [2.05, 4.69) is 14.6 Å². The molecule has 2 aromatic heterocycles. The molecule has 0 saturated carbocycles. The van der Waals surface area contributed by atoms with Crippen molar-refractivity contribution in [3.63, 3.8) is 0 Å². The molecule has 6 nitrogen and oxygen atoms in total. The van der Waals surface area contributed by atoms with Crippen molar-refractivity contribution >= 4 is 32.4 Å². The van der Waals surface area contributed by atoms with E-state index in [1.165, 1.54) is 18.2 Å². The van der Waals surface area contributed by atoms with Crippen molar-refractivity contribution in [3.8, 4) is 11.1 Å². The van der Waals surface area contributed by atoms with Crippen LogP contribution in [0, 0.1) is 5.82 Å². The summed E-state index contributed by atoms with van der Waals surface area (Å²) < 4.78 is 45.4. The van der Waals surface area contributed by atoms with Gasteiger partial charge in [0, 0.05) is 49.3 Å². The van der Waals surface area contributed by atoms with Gasteiger partial charge >= 0.3 is 0 Å². The third-order valence-corrected chi connectivity index (χ3v) is 7.25. The molecule has 0 aliphatic carbocycles. The predicted octanol–water partition coefficient (Wildman–Crippen LogP) is 4.78. The van der Waals surface area contributed by atoms with Gasteiger partial charge in [0.05, 0.1) is 16.0 Å². The third kappa shape index (κ3) is 3.60. The molecular formula is C24H23FN4O2S. The lowest BCUT2D eigenvalue weighted by atomic mass is 10.0. The molecule has 1 N–H and O–H groups in total. The minimum absolute atomic E-state index is 0.157. The van der Waals surface area contributed by atoms with E-state index in [0.717, 1.165) is 31.6 Å². The first-order chi connectivity index (χ1) is 15.4. The summed E-state index contributed by atoms with van der Waals surface area (Å²) in [5.41, 5.74) is 2.92. The summed E-state index contributed by atoms with van der Waals surface area (Å²) in [6.07, 6.45) is 5.59. The van der Waals surface area contributed by atoms with Crippen LogP contribution < -0.4 is 9.62 Å². The Labute approximate surface area is 186 Å². The number of hydrogen-bond donors (Lipinski definition) is 1. The molecule has 1 aliphatic heterocycles. The molecule has 32 heavy (non-hydrogen) atoms. The van der Waals surface area contributed by atoms with Gasteiger partial charge in [0.25, 0.3) is 10.0 Å². The maximum Gasteiger partial charge on any atom is 0.261 e. The number of aromatic nitrogens is 2. The molecule has 8 heteroatoms. The normalized spacial score (nSPS) is 14.2. The van der Waals surface area contributed by atoms with Gasteiger partial charge in [0.2, 0.25) is 0 Å². The van der Waals surface area contributed by atoms with Gasteiger partial charge < -0.3 is 9.47 Å². The van der Waals surface area contributed by atoms with E-state index in [-0.39, 0.29) is 10.7 Å². The van der Waals surface area contributed by atoms with E-state index >= 15 is 4.39 Å². The SMILES string of the molecule is Cn1cc(-c2cc(N3CCCC3)ccc2F)c2c(NS(=O)(=O)c3ccccc3)ccnc21. The maximum absolute atomic E-state index is 15.0. The van der Waals surface area contributed by atoms with Crippen LogP contribution in [-0.2, 0) is 17.1 Å². The number of rotatable bonds is 5. The minimum Gasteiger partial charge on any atom is -0.372 e. The molecular weight excluding hydrogens is 427 g/mol. The second kappa shape index (κ2) is 7.94. The second-order valence-electron chi connectivity index (χ2n) is 7.99. The van der Waals surface area contributed by atoms with Crippen LogP contribution in [0.4, 0.5) is 15.8 Å². The summed E-state index contributed by atoms with van der Waals surface area (Å²) in [6.45, 7) is 1.90. The molecule has 1 aliphatic rings. The van der Waals surface area contributed by atoms with Crippen LogP contribution in [0.5, 0.6) is 0 Å². The van der Waals surface area contributed by atoms with E-state index < -0.39 is 10.0 Å². The Kier molecular flexibility index (Phi) is 5.09. The number of anilines is 2. The Balaban J connectivity index is 1.65. The summed E-state index contributed by atoms with van der Waals surface area (Å²) >= 11 is 0. The number of benzene rings is 2. The van der Waals surface area contributed by atoms with E-state index in [1.807, 2.05) is 13.1 Å². The van der Waals surface area contributed by atoms with E-state index in [1.54, 1.807) is 47.3 Å². The standard InChI is InChI=1S/C24H23FN4O2S/c1-28-16-20(19-15-17(9-10-21(19)25)29-13-5-6-14-29)23-22(11-12-26-24(23)28)27-32(30,31)18-7-3-2-4-8-18/h2-4,7-12,15-16H,5-6,13-14H2,1H3,(H,26,27). The highest BCUT2D eigenvalue weighted by atomic mass is 32.2. The molecule has 4 aromatic rings. The fourth-order valence-corrected chi connectivity index (χ4v) is 5.38. The molecule has 5 rings (SSSR count). The first-order valence-electron chi connectivity index (χ1n) is 10.5. The lowest BCUT2D eigenvalue weighted by Gasteiger charge is -2.19. The lowest BCUT2D eigenvalue weighted by molar-refractivity contribution is 0.601. The Morgan fingerprint density at radius 2 is 1.75 bits per heavy atom. The predicted molar refractivity (Wildman–Crippen MR) is 125 cm³/mol. The third-order valence-electron chi connectivity index (χ3n) is 5.87. The number of pyridine rings is 1. The Morgan fingerprint density at radius 1 is 1.00 bits per heavy atom. The molecule has 0 amide bonds. The highest BCUT2D eigenvalue weighted by Crippen LogP contribution is 2.38. The number of sulfonamides is 1. The molecule has 2 aromatic carbocycles. The summed E-state index contributed by atoms with van der Waals surface area (Å²) in [5.74, 6) is -0.360. The summed E-state index contributed by atoms with van der Waals surface area (Å²) in [4.78, 5) is 6.81. The molecule has 1 saturated heterocycles. The zero-order valence-electron chi connectivity index (χ0n) is 17.6. The van der Waals surface area contributed by atoms with Crippen molar-refractivity contribution in [2.75, 3.05) is 22.7 Å². The van der Waals surface area contributed by atoms with Crippen LogP contribution in [0.25, 0.3) is 22.2 Å². The van der Waals surface area contributed by atoms with Crippen LogP contribution >= 0.6 is 0 Å². The van der Waals surface area contributed by atoms with Gasteiger partial charge in [-0.2, -0.15) is 0 Å². The topological polar surface area (TPSA) is 67.2 Å². The molecule has 0 unspecified atom stereocenters. The Morgan fingerprint density at radius 3 is 2.50 bits per heavy atom. The Bertz CT molecular complexity index is 1390. The molecule has 0 atom stereocenters. The largest absolute Gasteiger partial charge is 0.372 e. The first kappa shape index (κ1) is 20.5. The molecule has 1 fully saturated rings. The van der Waals surface area contributed by atoms with Gasteiger partial charge in [-0.25, -0.2) is 17.8 Å². The highest BCUT2D eigenvalue weighted by Gasteiger charge is 2.22. The van der Waals surface area contributed by atoms with Crippen LogP contribution in [-0.4, -0.2) is 31.1 Å². The van der Waals surface area contributed by atoms with E-state index in [0.29, 0.717) is 27.8 Å². The minimum atomic E-state index is -3.81. The maximum atomic E-state index is 15.0. The number of hydrogen-bond acceptors (Lipinski definition) is 4. The molecule has 164 valence electrons. The molecule has 0 radical (unpaired) electrons. The second-order valence-corrected chi connectivity index (χ2v) is 9.67. The van der Waals surface area contributed by atoms with Crippen molar-refractivity contribution in [2.24, 2.45) is 7.05 Å². The van der Waals surface area contributed by atoms with Gasteiger partial charge in [0.15, 0.2) is 0 Å². The van der Waals surface area contributed by atoms with Gasteiger partial charge in [-0.05, 0) is 49.2 Å². The van der Waals surface area contributed by atoms with Crippen molar-refractivity contribution < 1.29 is 12.8 Å². The summed E-state index contributed by atoms with van der Waals surface area (Å²) in [7, 11) is -2.00. The monoisotopic (exact) mass is 450 g/mol. The van der Waals surface area contributed by atoms with E-state index in [4.69, 9.17) is 0 Å². The molecule has 0 spiro atoms. The van der Waals surface area contributed by atoms with Crippen molar-refractivity contribution in [3.05, 3.63) is 72.8 Å². The van der Waals surface area contributed by atoms with Gasteiger partial charge in [-0.3, -0.25) is 4.72 Å². The molecule has 3 heterocycles. The van der Waals surface area contributed by atoms with Gasteiger partial charge in [0.1, 0.15) is 11.5 Å². The Hall–Kier alpha value is -3.39. The van der Waals surface area contributed by atoms with Gasteiger partial charge in [-0.1, -0.05) is 18.2 Å². The van der Waals surface area contributed by atoms with Crippen molar-refractivity contribution in [2.45, 2.75) is 17.7 Å². The van der Waals surface area contributed by atoms with E-state index in [9.17, 15) is 8.42 Å². The zero-order chi connectivity index (χ0) is 22.3. The summed E-state index contributed by atoms with van der Waals surface area (Å²) in [6, 6.07) is 14.9. The van der Waals surface area contributed by atoms with Crippen LogP contribution in [0.15, 0.2) is 71.9 Å². The fourth-order valence-electron chi connectivity index (χ4n) is 4.29. The number of fused-ring (bicyclic) bond motifs is 1. The van der Waals surface area contributed by atoms with Crippen LogP contribution in [0.3, 0.4) is 0 Å².